The number of hydrogen-bond donors (Lipinski definition) is 2. The Morgan fingerprint density at radius 2 is 2.24 bits per heavy atom. The molecule has 0 bridgehead atoms. The molecule has 0 aliphatic heterocycles. The van der Waals surface area contributed by atoms with Crippen LogP contribution in [0.3, 0.4) is 0 Å². The van der Waals surface area contributed by atoms with Crippen molar-refractivity contribution in [3.05, 3.63) is 35.2 Å². The lowest BCUT2D eigenvalue weighted by molar-refractivity contribution is -0.0498. The monoisotopic (exact) mass is 250 g/mol. The van der Waals surface area contributed by atoms with E-state index in [0.29, 0.717) is 11.6 Å². The standard InChI is InChI=1S/C12H14N2O2S/c1-2-13-12(15)14(16)8-10-7-9-5-3-4-6-11(9)17-10/h3-7,16H,2,8H2,1H3,(H,13,15). The van der Waals surface area contributed by atoms with Crippen LogP contribution in [0.5, 0.6) is 0 Å². The molecule has 0 spiro atoms. The highest BCUT2D eigenvalue weighted by atomic mass is 32.1. The molecule has 2 N–H and O–H groups in total. The van der Waals surface area contributed by atoms with Crippen molar-refractivity contribution in [2.45, 2.75) is 13.5 Å². The van der Waals surface area contributed by atoms with E-state index >= 15 is 0 Å². The van der Waals surface area contributed by atoms with E-state index < -0.39 is 6.03 Å². The van der Waals surface area contributed by atoms with Crippen LogP contribution in [0.25, 0.3) is 10.1 Å². The van der Waals surface area contributed by atoms with Gasteiger partial charge in [0.05, 0.1) is 6.54 Å². The minimum absolute atomic E-state index is 0.213. The van der Waals surface area contributed by atoms with Crippen molar-refractivity contribution < 1.29 is 10.0 Å². The second kappa shape index (κ2) is 5.16. The van der Waals surface area contributed by atoms with E-state index in [1.54, 1.807) is 11.3 Å². The molecule has 0 aliphatic rings. The molecule has 2 amide bonds. The summed E-state index contributed by atoms with van der Waals surface area (Å²) in [5, 5.41) is 13.9. The van der Waals surface area contributed by atoms with Crippen molar-refractivity contribution in [3.63, 3.8) is 0 Å². The van der Waals surface area contributed by atoms with Crippen molar-refractivity contribution in [3.8, 4) is 0 Å². The van der Waals surface area contributed by atoms with Crippen molar-refractivity contribution in [2.24, 2.45) is 0 Å². The summed E-state index contributed by atoms with van der Waals surface area (Å²) in [6.45, 7) is 2.53. The van der Waals surface area contributed by atoms with Gasteiger partial charge in [0.15, 0.2) is 0 Å². The fraction of sp³-hybridized carbons (Fsp3) is 0.250. The molecule has 1 heterocycles. The number of nitrogens with zero attached hydrogens (tertiary/aromatic N) is 1. The number of hydrogen-bond acceptors (Lipinski definition) is 3. The van der Waals surface area contributed by atoms with Gasteiger partial charge in [0.2, 0.25) is 0 Å². The van der Waals surface area contributed by atoms with Crippen molar-refractivity contribution in [1.29, 1.82) is 0 Å². The van der Waals surface area contributed by atoms with Crippen LogP contribution in [0.4, 0.5) is 4.79 Å². The number of thiophene rings is 1. The second-order valence-electron chi connectivity index (χ2n) is 3.64. The maximum Gasteiger partial charge on any atom is 0.341 e. The molecule has 0 saturated carbocycles. The predicted octanol–water partition coefficient (Wildman–Crippen LogP) is 2.82. The number of urea groups is 1. The summed E-state index contributed by atoms with van der Waals surface area (Å²) in [4.78, 5) is 12.3. The maximum absolute atomic E-state index is 11.3. The number of benzene rings is 1. The summed E-state index contributed by atoms with van der Waals surface area (Å²) in [7, 11) is 0. The number of rotatable bonds is 3. The largest absolute Gasteiger partial charge is 0.341 e. The molecule has 2 rings (SSSR count). The average molecular weight is 250 g/mol. The number of nitrogens with one attached hydrogen (secondary N) is 1. The molecule has 0 radical (unpaired) electrons. The molecule has 0 saturated heterocycles. The van der Waals surface area contributed by atoms with E-state index in [1.807, 2.05) is 37.3 Å². The number of carbonyl (C=O) groups is 1. The molecule has 0 unspecified atom stereocenters. The first kappa shape index (κ1) is 11.9. The zero-order valence-corrected chi connectivity index (χ0v) is 10.3. The lowest BCUT2D eigenvalue weighted by Crippen LogP contribution is -2.36. The lowest BCUT2D eigenvalue weighted by Gasteiger charge is -2.13. The SMILES string of the molecule is CCNC(=O)N(O)Cc1cc2ccccc2s1. The smallest absolute Gasteiger partial charge is 0.336 e. The fourth-order valence-electron chi connectivity index (χ4n) is 1.58. The Morgan fingerprint density at radius 1 is 1.47 bits per heavy atom. The summed E-state index contributed by atoms with van der Waals surface area (Å²) in [6.07, 6.45) is 0. The zero-order chi connectivity index (χ0) is 12.3. The summed E-state index contributed by atoms with van der Waals surface area (Å²) in [6, 6.07) is 9.51. The van der Waals surface area contributed by atoms with Crippen LogP contribution in [0.1, 0.15) is 11.8 Å². The molecular formula is C12H14N2O2S. The quantitative estimate of drug-likeness (QED) is 0.650. The van der Waals surface area contributed by atoms with E-state index in [1.165, 1.54) is 0 Å². The normalized spacial score (nSPS) is 10.5. The van der Waals surface area contributed by atoms with Crippen LogP contribution in [0, 0.1) is 0 Å². The Labute approximate surface area is 103 Å². The second-order valence-corrected chi connectivity index (χ2v) is 4.81. The molecule has 0 aliphatic carbocycles. The Morgan fingerprint density at radius 3 is 2.94 bits per heavy atom. The van der Waals surface area contributed by atoms with Gasteiger partial charge in [0.25, 0.3) is 0 Å². The Kier molecular flexibility index (Phi) is 3.61. The van der Waals surface area contributed by atoms with Gasteiger partial charge >= 0.3 is 6.03 Å². The Balaban J connectivity index is 2.10. The summed E-state index contributed by atoms with van der Waals surface area (Å²) in [5.74, 6) is 0. The number of amides is 2. The van der Waals surface area contributed by atoms with Crippen LogP contribution in [0.15, 0.2) is 30.3 Å². The molecule has 2 aromatic rings. The van der Waals surface area contributed by atoms with Gasteiger partial charge in [-0.2, -0.15) is 0 Å². The first-order valence-corrected chi connectivity index (χ1v) is 6.24. The van der Waals surface area contributed by atoms with Gasteiger partial charge in [0, 0.05) is 16.1 Å². The minimum Gasteiger partial charge on any atom is -0.336 e. The van der Waals surface area contributed by atoms with Gasteiger partial charge < -0.3 is 5.32 Å². The van der Waals surface area contributed by atoms with E-state index in [9.17, 15) is 10.0 Å². The maximum atomic E-state index is 11.3. The van der Waals surface area contributed by atoms with Crippen LogP contribution in [-0.2, 0) is 6.54 Å². The minimum atomic E-state index is -0.468. The highest BCUT2D eigenvalue weighted by Gasteiger charge is 2.11. The van der Waals surface area contributed by atoms with E-state index in [0.717, 1.165) is 15.0 Å². The lowest BCUT2D eigenvalue weighted by atomic mass is 10.2. The van der Waals surface area contributed by atoms with Crippen molar-refractivity contribution in [1.82, 2.24) is 10.4 Å². The fourth-order valence-corrected chi connectivity index (χ4v) is 2.62. The van der Waals surface area contributed by atoms with E-state index in [2.05, 4.69) is 5.32 Å². The van der Waals surface area contributed by atoms with Gasteiger partial charge in [-0.25, -0.2) is 9.86 Å². The topological polar surface area (TPSA) is 52.6 Å². The number of hydroxylamine groups is 2. The third-order valence-electron chi connectivity index (χ3n) is 2.34. The first-order valence-electron chi connectivity index (χ1n) is 5.42. The summed E-state index contributed by atoms with van der Waals surface area (Å²) < 4.78 is 1.16. The third-order valence-corrected chi connectivity index (χ3v) is 3.45. The molecule has 5 heteroatoms. The predicted molar refractivity (Wildman–Crippen MR) is 68.2 cm³/mol. The number of fused-ring (bicyclic) bond motifs is 1. The third kappa shape index (κ3) is 2.75. The molecular weight excluding hydrogens is 236 g/mol. The zero-order valence-electron chi connectivity index (χ0n) is 9.51. The summed E-state index contributed by atoms with van der Waals surface area (Å²) in [5.41, 5.74) is 0. The highest BCUT2D eigenvalue weighted by Crippen LogP contribution is 2.25. The average Bonchev–Trinajstić information content (AvgIpc) is 2.71. The summed E-state index contributed by atoms with van der Waals surface area (Å²) >= 11 is 1.58. The van der Waals surface area contributed by atoms with Gasteiger partial charge in [-0.3, -0.25) is 5.21 Å². The van der Waals surface area contributed by atoms with E-state index in [4.69, 9.17) is 0 Å². The van der Waals surface area contributed by atoms with E-state index in [-0.39, 0.29) is 6.54 Å². The van der Waals surface area contributed by atoms with Crippen LogP contribution >= 0.6 is 11.3 Å². The van der Waals surface area contributed by atoms with Gasteiger partial charge in [-0.05, 0) is 24.4 Å². The Hall–Kier alpha value is -1.59. The molecule has 17 heavy (non-hydrogen) atoms. The Bertz CT molecular complexity index is 491. The molecule has 90 valence electrons. The van der Waals surface area contributed by atoms with Crippen LogP contribution < -0.4 is 5.32 Å². The van der Waals surface area contributed by atoms with Crippen molar-refractivity contribution >= 4 is 27.5 Å². The van der Waals surface area contributed by atoms with Crippen molar-refractivity contribution in [2.75, 3.05) is 6.54 Å². The molecule has 1 aromatic heterocycles. The van der Waals surface area contributed by atoms with Crippen LogP contribution in [0.2, 0.25) is 0 Å². The highest BCUT2D eigenvalue weighted by molar-refractivity contribution is 7.19. The molecule has 0 atom stereocenters. The molecule has 0 fully saturated rings. The first-order chi connectivity index (χ1) is 8.20. The number of carbonyl (C=O) groups excluding carboxylic acids is 1. The van der Waals surface area contributed by atoms with Gasteiger partial charge in [0.1, 0.15) is 0 Å². The van der Waals surface area contributed by atoms with Gasteiger partial charge in [-0.15, -0.1) is 11.3 Å². The van der Waals surface area contributed by atoms with Crippen LogP contribution in [-0.4, -0.2) is 22.8 Å². The molecule has 4 nitrogen and oxygen atoms in total. The molecule has 1 aromatic carbocycles. The van der Waals surface area contributed by atoms with Gasteiger partial charge in [-0.1, -0.05) is 18.2 Å².